The average molecular weight is 483 g/mol. The van der Waals surface area contributed by atoms with Gasteiger partial charge >= 0.3 is 0 Å². The lowest BCUT2D eigenvalue weighted by molar-refractivity contribution is -0.125. The Hall–Kier alpha value is -2.88. The molecule has 0 bridgehead atoms. The van der Waals surface area contributed by atoms with Crippen molar-refractivity contribution in [2.45, 2.75) is 19.8 Å². The first-order valence-electron chi connectivity index (χ1n) is 9.06. The van der Waals surface area contributed by atoms with Crippen LogP contribution in [0.3, 0.4) is 0 Å². The first-order chi connectivity index (χ1) is 14.7. The lowest BCUT2D eigenvalue weighted by atomic mass is 10.2. The Morgan fingerprint density at radius 1 is 0.935 bits per heavy atom. The predicted molar refractivity (Wildman–Crippen MR) is 123 cm³/mol. The molecule has 0 aliphatic heterocycles. The van der Waals surface area contributed by atoms with Gasteiger partial charge in [-0.1, -0.05) is 40.9 Å². The lowest BCUT2D eigenvalue weighted by Gasteiger charge is -2.11. The van der Waals surface area contributed by atoms with Crippen LogP contribution in [0.5, 0.6) is 5.75 Å². The fourth-order valence-electron chi connectivity index (χ4n) is 2.20. The van der Waals surface area contributed by atoms with E-state index in [0.717, 1.165) is 5.56 Å². The number of aryl methyl sites for hydroxylation is 1. The van der Waals surface area contributed by atoms with Crippen LogP contribution in [-0.2, 0) is 14.4 Å². The van der Waals surface area contributed by atoms with Gasteiger partial charge in [0, 0.05) is 17.9 Å². The van der Waals surface area contributed by atoms with Gasteiger partial charge in [0.25, 0.3) is 5.91 Å². The molecule has 11 heteroatoms. The highest BCUT2D eigenvalue weighted by molar-refractivity contribution is 7.80. The molecule has 0 aliphatic carbocycles. The van der Waals surface area contributed by atoms with Gasteiger partial charge in [0.15, 0.2) is 11.7 Å². The van der Waals surface area contributed by atoms with Crippen LogP contribution >= 0.6 is 35.4 Å². The molecule has 3 amide bonds. The van der Waals surface area contributed by atoms with Crippen molar-refractivity contribution >= 4 is 63.9 Å². The van der Waals surface area contributed by atoms with E-state index in [9.17, 15) is 14.4 Å². The van der Waals surface area contributed by atoms with Gasteiger partial charge in [0.1, 0.15) is 5.75 Å². The first-order valence-corrected chi connectivity index (χ1v) is 10.2. The van der Waals surface area contributed by atoms with Crippen LogP contribution in [0.4, 0.5) is 5.69 Å². The smallest absolute Gasteiger partial charge is 0.264 e. The van der Waals surface area contributed by atoms with Crippen LogP contribution in [0.2, 0.25) is 10.0 Å². The number of carbonyl (C=O) groups is 3. The van der Waals surface area contributed by atoms with E-state index in [1.165, 1.54) is 6.07 Å². The van der Waals surface area contributed by atoms with Crippen molar-refractivity contribution < 1.29 is 19.1 Å². The maximum Gasteiger partial charge on any atom is 0.264 e. The summed E-state index contributed by atoms with van der Waals surface area (Å²) in [5.74, 6) is -0.842. The lowest BCUT2D eigenvalue weighted by Crippen LogP contribution is -2.49. The highest BCUT2D eigenvalue weighted by Crippen LogP contribution is 2.25. The van der Waals surface area contributed by atoms with Gasteiger partial charge in [0.2, 0.25) is 11.8 Å². The maximum absolute atomic E-state index is 11.9. The summed E-state index contributed by atoms with van der Waals surface area (Å²) in [5.41, 5.74) is 6.15. The van der Waals surface area contributed by atoms with Crippen LogP contribution in [0.1, 0.15) is 18.4 Å². The van der Waals surface area contributed by atoms with Gasteiger partial charge in [-0.2, -0.15) is 0 Å². The minimum absolute atomic E-state index is 0.0873. The number of thiocarbonyl (C=S) groups is 1. The molecule has 0 unspecified atom stereocenters. The largest absolute Gasteiger partial charge is 0.484 e. The standard InChI is InChI=1S/C20H20Cl2N4O4S/c1-12-2-5-14(6-3-12)30-11-19(29)24-20(31)26-25-18(28)9-8-17(27)23-16-7-4-13(21)10-15(16)22/h2-7,10H,8-9,11H2,1H3,(H,23,27)(H,25,28)(H2,24,26,29,31). The van der Waals surface area contributed by atoms with Crippen molar-refractivity contribution in [2.75, 3.05) is 11.9 Å². The minimum Gasteiger partial charge on any atom is -0.484 e. The first kappa shape index (κ1) is 24.4. The summed E-state index contributed by atoms with van der Waals surface area (Å²) in [5, 5.41) is 5.58. The second-order valence-electron chi connectivity index (χ2n) is 6.32. The van der Waals surface area contributed by atoms with Gasteiger partial charge in [-0.25, -0.2) is 0 Å². The molecule has 0 fully saturated rings. The van der Waals surface area contributed by atoms with Gasteiger partial charge in [-0.15, -0.1) is 0 Å². The summed E-state index contributed by atoms with van der Waals surface area (Å²) in [6, 6.07) is 11.9. The number of nitrogens with one attached hydrogen (secondary N) is 4. The van der Waals surface area contributed by atoms with Gasteiger partial charge < -0.3 is 10.1 Å². The maximum atomic E-state index is 11.9. The molecule has 0 saturated heterocycles. The Labute approximate surface area is 194 Å². The zero-order valence-corrected chi connectivity index (χ0v) is 18.8. The van der Waals surface area contributed by atoms with Crippen LogP contribution in [0, 0.1) is 6.92 Å². The monoisotopic (exact) mass is 482 g/mol. The van der Waals surface area contributed by atoms with E-state index in [0.29, 0.717) is 21.5 Å². The molecule has 2 aromatic rings. The van der Waals surface area contributed by atoms with E-state index in [2.05, 4.69) is 21.5 Å². The van der Waals surface area contributed by atoms with Crippen LogP contribution in [0.15, 0.2) is 42.5 Å². The zero-order chi connectivity index (χ0) is 22.8. The van der Waals surface area contributed by atoms with E-state index < -0.39 is 17.7 Å². The second-order valence-corrected chi connectivity index (χ2v) is 7.58. The topological polar surface area (TPSA) is 109 Å². The molecule has 4 N–H and O–H groups in total. The summed E-state index contributed by atoms with van der Waals surface area (Å²) >= 11 is 16.7. The predicted octanol–water partition coefficient (Wildman–Crippen LogP) is 3.12. The zero-order valence-electron chi connectivity index (χ0n) is 16.5. The number of benzene rings is 2. The summed E-state index contributed by atoms with van der Waals surface area (Å²) in [7, 11) is 0. The molecule has 164 valence electrons. The third-order valence-corrected chi connectivity index (χ3v) is 4.50. The number of hydrogen-bond donors (Lipinski definition) is 4. The Morgan fingerprint density at radius 2 is 1.61 bits per heavy atom. The van der Waals surface area contributed by atoms with Crippen molar-refractivity contribution in [1.82, 2.24) is 16.2 Å². The molecule has 0 aromatic heterocycles. The van der Waals surface area contributed by atoms with Crippen molar-refractivity contribution in [3.63, 3.8) is 0 Å². The Balaban J connectivity index is 1.63. The number of amides is 3. The summed E-state index contributed by atoms with van der Waals surface area (Å²) in [6.45, 7) is 1.70. The molecule has 0 saturated carbocycles. The number of ether oxygens (including phenoxy) is 1. The quantitative estimate of drug-likeness (QED) is 0.356. The van der Waals surface area contributed by atoms with Crippen molar-refractivity contribution in [3.8, 4) is 5.75 Å². The van der Waals surface area contributed by atoms with E-state index >= 15 is 0 Å². The van der Waals surface area contributed by atoms with Crippen LogP contribution in [0.25, 0.3) is 0 Å². The highest BCUT2D eigenvalue weighted by atomic mass is 35.5. The molecule has 31 heavy (non-hydrogen) atoms. The third-order valence-electron chi connectivity index (χ3n) is 3.74. The second kappa shape index (κ2) is 12.1. The minimum atomic E-state index is -0.496. The number of hydrogen-bond acceptors (Lipinski definition) is 5. The van der Waals surface area contributed by atoms with E-state index in [1.54, 1.807) is 24.3 Å². The van der Waals surface area contributed by atoms with Crippen LogP contribution in [-0.4, -0.2) is 29.4 Å². The number of carbonyl (C=O) groups excluding carboxylic acids is 3. The SMILES string of the molecule is Cc1ccc(OCC(=O)NC(=S)NNC(=O)CCC(=O)Nc2ccc(Cl)cc2Cl)cc1. The third kappa shape index (κ3) is 9.20. The number of hydrazine groups is 1. The molecular formula is C20H20Cl2N4O4S. The number of anilines is 1. The Kier molecular flexibility index (Phi) is 9.51. The normalized spacial score (nSPS) is 10.0. The fraction of sp³-hybridized carbons (Fsp3) is 0.200. The van der Waals surface area contributed by atoms with Crippen molar-refractivity contribution in [3.05, 3.63) is 58.1 Å². The molecular weight excluding hydrogens is 463 g/mol. The fourth-order valence-corrected chi connectivity index (χ4v) is 2.82. The summed E-state index contributed by atoms with van der Waals surface area (Å²) in [4.78, 5) is 35.6. The molecule has 8 nitrogen and oxygen atoms in total. The molecule has 0 spiro atoms. The number of halogens is 2. The molecule has 0 heterocycles. The molecule has 0 atom stereocenters. The van der Waals surface area contributed by atoms with Crippen LogP contribution < -0.4 is 26.2 Å². The van der Waals surface area contributed by atoms with Gasteiger partial charge in [-0.3, -0.25) is 30.6 Å². The molecule has 2 aromatic carbocycles. The summed E-state index contributed by atoms with van der Waals surface area (Å²) in [6.07, 6.45) is -0.201. The Morgan fingerprint density at radius 3 is 2.29 bits per heavy atom. The molecule has 0 aliphatic rings. The Bertz CT molecular complexity index is 970. The highest BCUT2D eigenvalue weighted by Gasteiger charge is 2.11. The van der Waals surface area contributed by atoms with Crippen molar-refractivity contribution in [1.29, 1.82) is 0 Å². The van der Waals surface area contributed by atoms with E-state index in [4.69, 9.17) is 40.2 Å². The van der Waals surface area contributed by atoms with Gasteiger partial charge in [0.05, 0.1) is 10.7 Å². The molecule has 2 rings (SSSR count). The molecule has 0 radical (unpaired) electrons. The summed E-state index contributed by atoms with van der Waals surface area (Å²) < 4.78 is 5.33. The van der Waals surface area contributed by atoms with Gasteiger partial charge in [-0.05, 0) is 49.5 Å². The van der Waals surface area contributed by atoms with E-state index in [1.807, 2.05) is 19.1 Å². The number of rotatable bonds is 7. The average Bonchev–Trinajstić information content (AvgIpc) is 2.72. The van der Waals surface area contributed by atoms with Crippen molar-refractivity contribution in [2.24, 2.45) is 0 Å². The van der Waals surface area contributed by atoms with E-state index in [-0.39, 0.29) is 24.6 Å².